The van der Waals surface area contributed by atoms with Gasteiger partial charge in [-0.15, -0.1) is 0 Å². The van der Waals surface area contributed by atoms with E-state index in [-0.39, 0.29) is 5.97 Å². The fourth-order valence-electron chi connectivity index (χ4n) is 4.52. The van der Waals surface area contributed by atoms with Gasteiger partial charge in [0.25, 0.3) is 0 Å². The number of carbonyl (C=O) groups excluding carboxylic acids is 1. The van der Waals surface area contributed by atoms with Gasteiger partial charge in [0.1, 0.15) is 5.82 Å². The molecule has 0 radical (unpaired) electrons. The van der Waals surface area contributed by atoms with Crippen LogP contribution in [0.2, 0.25) is 0 Å². The highest BCUT2D eigenvalue weighted by atomic mass is 79.9. The number of rotatable bonds is 7. The van der Waals surface area contributed by atoms with E-state index in [1.54, 1.807) is 0 Å². The van der Waals surface area contributed by atoms with Crippen molar-refractivity contribution >= 4 is 32.9 Å². The molecule has 0 aliphatic carbocycles. The number of H-pyrrole nitrogens is 1. The topological polar surface area (TPSA) is 61.5 Å². The second kappa shape index (κ2) is 12.0. The summed E-state index contributed by atoms with van der Waals surface area (Å²) in [5.41, 5.74) is 2.18. The van der Waals surface area contributed by atoms with Crippen molar-refractivity contribution in [3.8, 4) is 0 Å². The van der Waals surface area contributed by atoms with Crippen LogP contribution in [0.4, 0.5) is 0 Å². The van der Waals surface area contributed by atoms with Gasteiger partial charge in [-0.2, -0.15) is 0 Å². The largest absolute Gasteiger partial charge is 0.466 e. The van der Waals surface area contributed by atoms with E-state index in [9.17, 15) is 4.79 Å². The zero-order chi connectivity index (χ0) is 22.2. The Bertz CT molecular complexity index is 840. The Hall–Kier alpha value is -1.44. The maximum atomic E-state index is 11.1. The predicted octanol–water partition coefficient (Wildman–Crippen LogP) is 4.78. The summed E-state index contributed by atoms with van der Waals surface area (Å²) in [5, 5.41) is 0. The number of fused-ring (bicyclic) bond motifs is 1. The summed E-state index contributed by atoms with van der Waals surface area (Å²) >= 11 is 3.49. The Kier molecular flexibility index (Phi) is 9.35. The van der Waals surface area contributed by atoms with E-state index in [2.05, 4.69) is 61.7 Å². The first-order valence-corrected chi connectivity index (χ1v) is 12.5. The molecule has 31 heavy (non-hydrogen) atoms. The summed E-state index contributed by atoms with van der Waals surface area (Å²) in [5.74, 6) is 1.03. The van der Waals surface area contributed by atoms with Crippen LogP contribution in [-0.4, -0.2) is 70.6 Å². The predicted molar refractivity (Wildman–Crippen MR) is 129 cm³/mol. The minimum absolute atomic E-state index is 0.0680. The van der Waals surface area contributed by atoms with Gasteiger partial charge in [-0.25, -0.2) is 4.98 Å². The number of benzene rings is 1. The second-order valence-corrected chi connectivity index (χ2v) is 9.62. The SMILES string of the molecule is CCOC(=O)CCN1CCC[C@H]1C.C[C@@H]1CCCN1CCc1nc2ccc(Br)cc2[nH]1. The van der Waals surface area contributed by atoms with Crippen molar-refractivity contribution in [1.29, 1.82) is 0 Å². The number of hydrogen-bond donors (Lipinski definition) is 1. The van der Waals surface area contributed by atoms with Crippen molar-refractivity contribution in [1.82, 2.24) is 19.8 Å². The highest BCUT2D eigenvalue weighted by Crippen LogP contribution is 2.20. The second-order valence-electron chi connectivity index (χ2n) is 8.70. The molecule has 4 rings (SSSR count). The number of aromatic nitrogens is 2. The van der Waals surface area contributed by atoms with E-state index in [4.69, 9.17) is 4.74 Å². The highest BCUT2D eigenvalue weighted by Gasteiger charge is 2.21. The molecule has 172 valence electrons. The fraction of sp³-hybridized carbons (Fsp3) is 0.667. The first kappa shape index (κ1) is 24.2. The van der Waals surface area contributed by atoms with Crippen LogP contribution in [0.5, 0.6) is 0 Å². The van der Waals surface area contributed by atoms with Crippen LogP contribution < -0.4 is 0 Å². The Morgan fingerprint density at radius 2 is 1.84 bits per heavy atom. The zero-order valence-electron chi connectivity index (χ0n) is 19.2. The van der Waals surface area contributed by atoms with Gasteiger partial charge in [0, 0.05) is 36.1 Å². The molecular weight excluding hydrogens is 456 g/mol. The van der Waals surface area contributed by atoms with E-state index >= 15 is 0 Å². The van der Waals surface area contributed by atoms with Gasteiger partial charge in [-0.1, -0.05) is 15.9 Å². The number of carbonyl (C=O) groups is 1. The van der Waals surface area contributed by atoms with Crippen molar-refractivity contribution in [3.63, 3.8) is 0 Å². The number of aromatic amines is 1. The van der Waals surface area contributed by atoms with Gasteiger partial charge in [0.15, 0.2) is 0 Å². The van der Waals surface area contributed by atoms with Crippen LogP contribution in [0, 0.1) is 0 Å². The van der Waals surface area contributed by atoms with Crippen molar-refractivity contribution in [2.45, 2.75) is 71.4 Å². The van der Waals surface area contributed by atoms with Gasteiger partial charge in [-0.3, -0.25) is 4.79 Å². The summed E-state index contributed by atoms with van der Waals surface area (Å²) in [6.07, 6.45) is 6.77. The molecule has 0 amide bonds. The number of nitrogens with zero attached hydrogens (tertiary/aromatic N) is 3. The van der Waals surface area contributed by atoms with Crippen LogP contribution >= 0.6 is 15.9 Å². The number of esters is 1. The van der Waals surface area contributed by atoms with Gasteiger partial charge in [0.05, 0.1) is 24.1 Å². The van der Waals surface area contributed by atoms with Gasteiger partial charge < -0.3 is 19.5 Å². The molecule has 6 nitrogen and oxygen atoms in total. The lowest BCUT2D eigenvalue weighted by Crippen LogP contribution is -2.29. The molecule has 7 heteroatoms. The molecule has 1 N–H and O–H groups in total. The number of hydrogen-bond acceptors (Lipinski definition) is 5. The average Bonchev–Trinajstić information content (AvgIpc) is 3.45. The molecule has 1 aromatic carbocycles. The van der Waals surface area contributed by atoms with E-state index < -0.39 is 0 Å². The Morgan fingerprint density at radius 3 is 2.45 bits per heavy atom. The summed E-state index contributed by atoms with van der Waals surface area (Å²) in [7, 11) is 0. The molecule has 2 aliphatic heterocycles. The minimum atomic E-state index is -0.0680. The van der Waals surface area contributed by atoms with Crippen molar-refractivity contribution in [2.24, 2.45) is 0 Å². The van der Waals surface area contributed by atoms with Crippen LogP contribution in [-0.2, 0) is 16.0 Å². The Balaban J connectivity index is 0.000000187. The van der Waals surface area contributed by atoms with Crippen LogP contribution in [0.25, 0.3) is 11.0 Å². The molecule has 2 atom stereocenters. The minimum Gasteiger partial charge on any atom is -0.466 e. The monoisotopic (exact) mass is 492 g/mol. The van der Waals surface area contributed by atoms with E-state index in [0.29, 0.717) is 19.1 Å². The van der Waals surface area contributed by atoms with Gasteiger partial charge >= 0.3 is 5.97 Å². The highest BCUT2D eigenvalue weighted by molar-refractivity contribution is 9.10. The van der Waals surface area contributed by atoms with Gasteiger partial charge in [-0.05, 0) is 77.7 Å². The van der Waals surface area contributed by atoms with Crippen LogP contribution in [0.15, 0.2) is 22.7 Å². The van der Waals surface area contributed by atoms with Crippen molar-refractivity contribution in [3.05, 3.63) is 28.5 Å². The van der Waals surface area contributed by atoms with E-state index in [0.717, 1.165) is 53.4 Å². The van der Waals surface area contributed by atoms with Crippen molar-refractivity contribution < 1.29 is 9.53 Å². The number of likely N-dealkylation sites (tertiary alicyclic amines) is 2. The summed E-state index contributed by atoms with van der Waals surface area (Å²) in [6.45, 7) is 11.2. The smallest absolute Gasteiger partial charge is 0.307 e. The quantitative estimate of drug-likeness (QED) is 0.563. The lowest BCUT2D eigenvalue weighted by atomic mass is 10.2. The summed E-state index contributed by atoms with van der Waals surface area (Å²) in [6, 6.07) is 7.57. The third-order valence-corrected chi connectivity index (χ3v) is 6.91. The first-order chi connectivity index (χ1) is 15.0. The molecule has 0 unspecified atom stereocenters. The number of ether oxygens (including phenoxy) is 1. The molecule has 0 spiro atoms. The maximum absolute atomic E-state index is 11.1. The third-order valence-electron chi connectivity index (χ3n) is 6.42. The molecule has 2 saturated heterocycles. The van der Waals surface area contributed by atoms with E-state index in [1.807, 2.05) is 13.0 Å². The normalized spacial score (nSPS) is 21.9. The number of halogens is 1. The first-order valence-electron chi connectivity index (χ1n) is 11.7. The summed E-state index contributed by atoms with van der Waals surface area (Å²) in [4.78, 5) is 24.0. The molecule has 2 aromatic rings. The molecule has 1 aromatic heterocycles. The standard InChI is InChI=1S/C14H18BrN3.C10H19NO2/c1-10-3-2-7-18(10)8-6-14-16-12-5-4-11(15)9-13(12)17-14;1-3-13-10(12)6-8-11-7-4-5-9(11)2/h4-5,9-10H,2-3,6-8H2,1H3,(H,16,17);9H,3-8H2,1-2H3/t10-;9-/m11/s1. The lowest BCUT2D eigenvalue weighted by Gasteiger charge is -2.19. The number of imidazole rings is 1. The van der Waals surface area contributed by atoms with Crippen LogP contribution in [0.3, 0.4) is 0 Å². The summed E-state index contributed by atoms with van der Waals surface area (Å²) < 4.78 is 5.97. The zero-order valence-corrected chi connectivity index (χ0v) is 20.8. The van der Waals surface area contributed by atoms with Crippen molar-refractivity contribution in [2.75, 3.05) is 32.8 Å². The van der Waals surface area contributed by atoms with Crippen LogP contribution in [0.1, 0.15) is 58.7 Å². The Morgan fingerprint density at radius 1 is 1.16 bits per heavy atom. The average molecular weight is 493 g/mol. The molecule has 3 heterocycles. The van der Waals surface area contributed by atoms with Gasteiger partial charge in [0.2, 0.25) is 0 Å². The lowest BCUT2D eigenvalue weighted by molar-refractivity contribution is -0.143. The molecule has 0 saturated carbocycles. The third kappa shape index (κ3) is 7.29. The molecule has 0 bridgehead atoms. The van der Waals surface area contributed by atoms with E-state index in [1.165, 1.54) is 32.2 Å². The molecular formula is C24H37BrN4O2. The fourth-order valence-corrected chi connectivity index (χ4v) is 4.88. The Labute approximate surface area is 194 Å². The molecule has 2 fully saturated rings. The number of nitrogens with one attached hydrogen (secondary N) is 1. The maximum Gasteiger partial charge on any atom is 0.307 e. The molecule has 2 aliphatic rings.